The predicted molar refractivity (Wildman–Crippen MR) is 53.4 cm³/mol. The van der Waals surface area contributed by atoms with Crippen LogP contribution in [-0.4, -0.2) is 25.8 Å². The monoisotopic (exact) mass is 209 g/mol. The van der Waals surface area contributed by atoms with Crippen molar-refractivity contribution in [2.24, 2.45) is 12.5 Å². The van der Waals surface area contributed by atoms with E-state index in [1.807, 2.05) is 18.5 Å². The highest BCUT2D eigenvalue weighted by atomic mass is 16.4. The fourth-order valence-electron chi connectivity index (χ4n) is 1.98. The number of aryl methyl sites for hydroxylation is 1. The van der Waals surface area contributed by atoms with Gasteiger partial charge in [0.15, 0.2) is 0 Å². The van der Waals surface area contributed by atoms with Crippen LogP contribution in [0.5, 0.6) is 0 Å². The maximum Gasteiger partial charge on any atom is 0.310 e. The molecule has 1 aliphatic carbocycles. The zero-order valence-corrected chi connectivity index (χ0v) is 9.03. The second-order valence-corrected chi connectivity index (χ2v) is 4.34. The van der Waals surface area contributed by atoms with Crippen LogP contribution in [0.15, 0.2) is 0 Å². The molecule has 0 saturated heterocycles. The quantitative estimate of drug-likeness (QED) is 0.803. The Kier molecular flexibility index (Phi) is 2.25. The summed E-state index contributed by atoms with van der Waals surface area (Å²) in [5, 5.41) is 17.1. The lowest BCUT2D eigenvalue weighted by molar-refractivity contribution is -0.154. The van der Waals surface area contributed by atoms with Gasteiger partial charge < -0.3 is 9.67 Å². The smallest absolute Gasteiger partial charge is 0.310 e. The minimum Gasteiger partial charge on any atom is -0.481 e. The number of nitrogens with zero attached hydrogens (tertiary/aromatic N) is 3. The molecule has 0 aliphatic heterocycles. The van der Waals surface area contributed by atoms with E-state index in [4.69, 9.17) is 0 Å². The molecule has 1 N–H and O–H groups in total. The van der Waals surface area contributed by atoms with Crippen LogP contribution in [0.2, 0.25) is 0 Å². The number of carbonyl (C=O) groups is 1. The maximum absolute atomic E-state index is 11.2. The zero-order chi connectivity index (χ0) is 11.1. The van der Waals surface area contributed by atoms with Gasteiger partial charge in [-0.1, -0.05) is 6.42 Å². The fraction of sp³-hybridized carbons (Fsp3) is 0.700. The summed E-state index contributed by atoms with van der Waals surface area (Å²) in [4.78, 5) is 11.2. The number of rotatable bonds is 3. The number of aliphatic carboxylic acids is 1. The molecule has 0 unspecified atom stereocenters. The molecule has 5 nitrogen and oxygen atoms in total. The molecule has 5 heteroatoms. The summed E-state index contributed by atoms with van der Waals surface area (Å²) in [7, 11) is 1.87. The molecule has 1 aromatic heterocycles. The molecule has 1 saturated carbocycles. The fourth-order valence-corrected chi connectivity index (χ4v) is 1.98. The molecule has 0 bridgehead atoms. The Bertz CT molecular complexity index is 393. The molecule has 82 valence electrons. The largest absolute Gasteiger partial charge is 0.481 e. The van der Waals surface area contributed by atoms with Crippen molar-refractivity contribution in [1.29, 1.82) is 0 Å². The lowest BCUT2D eigenvalue weighted by Crippen LogP contribution is -2.40. The van der Waals surface area contributed by atoms with Gasteiger partial charge in [0.1, 0.15) is 11.6 Å². The number of carboxylic acids is 1. The summed E-state index contributed by atoms with van der Waals surface area (Å²) in [6.07, 6.45) is 3.02. The van der Waals surface area contributed by atoms with Crippen LogP contribution < -0.4 is 0 Å². The average molecular weight is 209 g/mol. The van der Waals surface area contributed by atoms with Crippen LogP contribution >= 0.6 is 0 Å². The van der Waals surface area contributed by atoms with Crippen LogP contribution in [-0.2, 0) is 18.3 Å². The van der Waals surface area contributed by atoms with Crippen molar-refractivity contribution in [3.8, 4) is 0 Å². The van der Waals surface area contributed by atoms with Gasteiger partial charge in [0.2, 0.25) is 0 Å². The minimum atomic E-state index is -0.700. The van der Waals surface area contributed by atoms with E-state index in [-0.39, 0.29) is 0 Å². The van der Waals surface area contributed by atoms with Gasteiger partial charge in [-0.2, -0.15) is 0 Å². The standard InChI is InChI=1S/C10H15N3O2/c1-7-11-12-8(13(7)2)6-10(9(14)15)4-3-5-10/h3-6H2,1-2H3,(H,14,15). The van der Waals surface area contributed by atoms with Crippen molar-refractivity contribution in [1.82, 2.24) is 14.8 Å². The second-order valence-electron chi connectivity index (χ2n) is 4.34. The van der Waals surface area contributed by atoms with E-state index in [0.717, 1.165) is 30.9 Å². The van der Waals surface area contributed by atoms with E-state index in [1.165, 1.54) is 0 Å². The molecule has 1 heterocycles. The lowest BCUT2D eigenvalue weighted by atomic mass is 9.66. The van der Waals surface area contributed by atoms with E-state index in [9.17, 15) is 9.90 Å². The van der Waals surface area contributed by atoms with E-state index in [1.54, 1.807) is 0 Å². The number of hydrogen-bond acceptors (Lipinski definition) is 3. The van der Waals surface area contributed by atoms with Gasteiger partial charge in [0.25, 0.3) is 0 Å². The molecule has 1 aliphatic rings. The molecule has 1 aromatic rings. The third kappa shape index (κ3) is 1.52. The van der Waals surface area contributed by atoms with Crippen molar-refractivity contribution in [2.75, 3.05) is 0 Å². The SMILES string of the molecule is Cc1nnc(CC2(C(=O)O)CCC2)n1C. The van der Waals surface area contributed by atoms with Crippen LogP contribution in [0.25, 0.3) is 0 Å². The first-order chi connectivity index (χ1) is 7.05. The van der Waals surface area contributed by atoms with E-state index in [2.05, 4.69) is 10.2 Å². The molecular weight excluding hydrogens is 194 g/mol. The first-order valence-corrected chi connectivity index (χ1v) is 5.13. The Morgan fingerprint density at radius 2 is 2.20 bits per heavy atom. The third-order valence-electron chi connectivity index (χ3n) is 3.44. The van der Waals surface area contributed by atoms with Crippen LogP contribution in [0.1, 0.15) is 30.9 Å². The predicted octanol–water partition coefficient (Wildman–Crippen LogP) is 0.921. The molecule has 0 amide bonds. The summed E-state index contributed by atoms with van der Waals surface area (Å²) in [5.74, 6) is 0.897. The maximum atomic E-state index is 11.2. The van der Waals surface area contributed by atoms with Gasteiger partial charge in [0, 0.05) is 13.5 Å². The van der Waals surface area contributed by atoms with Gasteiger partial charge in [-0.25, -0.2) is 0 Å². The Balaban J connectivity index is 2.21. The van der Waals surface area contributed by atoms with Crippen LogP contribution in [0.3, 0.4) is 0 Å². The van der Waals surface area contributed by atoms with Gasteiger partial charge in [-0.05, 0) is 19.8 Å². The summed E-state index contributed by atoms with van der Waals surface area (Å²) in [6.45, 7) is 1.87. The molecule has 2 rings (SSSR count). The summed E-state index contributed by atoms with van der Waals surface area (Å²) < 4.78 is 1.86. The highest BCUT2D eigenvalue weighted by Gasteiger charge is 2.45. The molecule has 1 fully saturated rings. The molecule has 0 spiro atoms. The van der Waals surface area contributed by atoms with E-state index < -0.39 is 11.4 Å². The highest BCUT2D eigenvalue weighted by Crippen LogP contribution is 2.43. The molecular formula is C10H15N3O2. The van der Waals surface area contributed by atoms with E-state index >= 15 is 0 Å². The lowest BCUT2D eigenvalue weighted by Gasteiger charge is -2.37. The van der Waals surface area contributed by atoms with Gasteiger partial charge >= 0.3 is 5.97 Å². The zero-order valence-electron chi connectivity index (χ0n) is 9.03. The van der Waals surface area contributed by atoms with Crippen molar-refractivity contribution < 1.29 is 9.90 Å². The Morgan fingerprint density at radius 3 is 2.53 bits per heavy atom. The average Bonchev–Trinajstić information content (AvgIpc) is 2.41. The highest BCUT2D eigenvalue weighted by molar-refractivity contribution is 5.76. The summed E-state index contributed by atoms with van der Waals surface area (Å²) >= 11 is 0. The van der Waals surface area contributed by atoms with Crippen LogP contribution in [0.4, 0.5) is 0 Å². The summed E-state index contributed by atoms with van der Waals surface area (Å²) in [6, 6.07) is 0. The first-order valence-electron chi connectivity index (χ1n) is 5.13. The third-order valence-corrected chi connectivity index (χ3v) is 3.44. The topological polar surface area (TPSA) is 68.0 Å². The van der Waals surface area contributed by atoms with Crippen molar-refractivity contribution in [3.05, 3.63) is 11.6 Å². The molecule has 0 aromatic carbocycles. The molecule has 0 radical (unpaired) electrons. The minimum absolute atomic E-state index is 0.500. The number of carboxylic acid groups (broad SMARTS) is 1. The second kappa shape index (κ2) is 3.32. The van der Waals surface area contributed by atoms with Gasteiger partial charge in [0.05, 0.1) is 5.41 Å². The first kappa shape index (κ1) is 10.1. The molecule has 15 heavy (non-hydrogen) atoms. The Labute approximate surface area is 88.1 Å². The number of hydrogen-bond donors (Lipinski definition) is 1. The van der Waals surface area contributed by atoms with Gasteiger partial charge in [-0.15, -0.1) is 10.2 Å². The summed E-state index contributed by atoms with van der Waals surface area (Å²) in [5.41, 5.74) is -0.576. The Morgan fingerprint density at radius 1 is 1.53 bits per heavy atom. The van der Waals surface area contributed by atoms with Crippen LogP contribution in [0, 0.1) is 12.3 Å². The van der Waals surface area contributed by atoms with Crippen molar-refractivity contribution in [2.45, 2.75) is 32.6 Å². The Hall–Kier alpha value is -1.39. The van der Waals surface area contributed by atoms with Crippen molar-refractivity contribution in [3.63, 3.8) is 0 Å². The molecule has 0 atom stereocenters. The number of aromatic nitrogens is 3. The van der Waals surface area contributed by atoms with Crippen molar-refractivity contribution >= 4 is 5.97 Å². The van der Waals surface area contributed by atoms with Gasteiger partial charge in [-0.3, -0.25) is 4.79 Å². The van der Waals surface area contributed by atoms with E-state index in [0.29, 0.717) is 6.42 Å². The normalized spacial score (nSPS) is 18.5.